The van der Waals surface area contributed by atoms with E-state index in [0.29, 0.717) is 12.4 Å². The van der Waals surface area contributed by atoms with Crippen molar-refractivity contribution in [1.29, 1.82) is 0 Å². The normalized spacial score (nSPS) is 11.8. The molecular formula is C16H20N4O. The number of rotatable bonds is 5. The van der Waals surface area contributed by atoms with Crippen LogP contribution in [0.15, 0.2) is 36.5 Å². The molecule has 0 aliphatic carbocycles. The summed E-state index contributed by atoms with van der Waals surface area (Å²) in [6, 6.07) is 9.45. The van der Waals surface area contributed by atoms with Crippen LogP contribution in [0.1, 0.15) is 23.9 Å². The molecule has 0 bridgehead atoms. The fourth-order valence-corrected chi connectivity index (χ4v) is 1.88. The Kier molecular flexibility index (Phi) is 4.87. The van der Waals surface area contributed by atoms with E-state index in [1.54, 1.807) is 6.20 Å². The maximum absolute atomic E-state index is 12.1. The maximum atomic E-state index is 12.1. The summed E-state index contributed by atoms with van der Waals surface area (Å²) in [7, 11) is 0. The van der Waals surface area contributed by atoms with Gasteiger partial charge in [0.1, 0.15) is 11.9 Å². The van der Waals surface area contributed by atoms with Crippen LogP contribution in [0.2, 0.25) is 0 Å². The van der Waals surface area contributed by atoms with Crippen LogP contribution in [0, 0.1) is 13.8 Å². The van der Waals surface area contributed by atoms with E-state index in [9.17, 15) is 4.79 Å². The second-order valence-corrected chi connectivity index (χ2v) is 5.01. The van der Waals surface area contributed by atoms with Gasteiger partial charge >= 0.3 is 0 Å². The van der Waals surface area contributed by atoms with E-state index >= 15 is 0 Å². The molecule has 1 heterocycles. The first-order valence-electron chi connectivity index (χ1n) is 6.94. The molecule has 0 saturated heterocycles. The number of benzene rings is 1. The summed E-state index contributed by atoms with van der Waals surface area (Å²) in [5.41, 5.74) is 2.67. The SMILES string of the molecule is Cc1cnc(C)c(NC(C)C(=O)NCc2ccccc2)n1. The van der Waals surface area contributed by atoms with Gasteiger partial charge in [0.15, 0.2) is 0 Å². The zero-order valence-corrected chi connectivity index (χ0v) is 12.6. The summed E-state index contributed by atoms with van der Waals surface area (Å²) in [5.74, 6) is 0.582. The predicted octanol–water partition coefficient (Wildman–Crippen LogP) is 2.21. The Labute approximate surface area is 124 Å². The first-order chi connectivity index (χ1) is 10.1. The van der Waals surface area contributed by atoms with Gasteiger partial charge < -0.3 is 10.6 Å². The van der Waals surface area contributed by atoms with Crippen LogP contribution in [-0.4, -0.2) is 21.9 Å². The molecular weight excluding hydrogens is 264 g/mol. The molecule has 2 aromatic rings. The minimum Gasteiger partial charge on any atom is -0.357 e. The Morgan fingerprint density at radius 3 is 2.67 bits per heavy atom. The van der Waals surface area contributed by atoms with Gasteiger partial charge in [-0.05, 0) is 26.3 Å². The van der Waals surface area contributed by atoms with E-state index in [2.05, 4.69) is 20.6 Å². The fourth-order valence-electron chi connectivity index (χ4n) is 1.88. The largest absolute Gasteiger partial charge is 0.357 e. The molecule has 0 radical (unpaired) electrons. The third kappa shape index (κ3) is 4.27. The summed E-state index contributed by atoms with van der Waals surface area (Å²) >= 11 is 0. The number of carbonyl (C=O) groups excluding carboxylic acids is 1. The van der Waals surface area contributed by atoms with E-state index in [1.165, 1.54) is 0 Å². The number of hydrogen-bond donors (Lipinski definition) is 2. The highest BCUT2D eigenvalue weighted by molar-refractivity contribution is 5.83. The Balaban J connectivity index is 1.92. The van der Waals surface area contributed by atoms with Crippen molar-refractivity contribution in [3.63, 3.8) is 0 Å². The van der Waals surface area contributed by atoms with Crippen molar-refractivity contribution in [2.45, 2.75) is 33.4 Å². The van der Waals surface area contributed by atoms with Gasteiger partial charge in [-0.25, -0.2) is 4.98 Å². The van der Waals surface area contributed by atoms with Crippen LogP contribution in [0.5, 0.6) is 0 Å². The van der Waals surface area contributed by atoms with Crippen LogP contribution < -0.4 is 10.6 Å². The van der Waals surface area contributed by atoms with Crippen LogP contribution in [0.4, 0.5) is 5.82 Å². The minimum atomic E-state index is -0.372. The molecule has 5 heteroatoms. The quantitative estimate of drug-likeness (QED) is 0.883. The Hall–Kier alpha value is -2.43. The van der Waals surface area contributed by atoms with Crippen LogP contribution in [-0.2, 0) is 11.3 Å². The molecule has 2 rings (SSSR count). The number of aryl methyl sites for hydroxylation is 2. The van der Waals surface area contributed by atoms with E-state index < -0.39 is 0 Å². The summed E-state index contributed by atoms with van der Waals surface area (Å²) < 4.78 is 0. The molecule has 1 unspecified atom stereocenters. The third-order valence-corrected chi connectivity index (χ3v) is 3.13. The number of hydrogen-bond acceptors (Lipinski definition) is 4. The molecule has 110 valence electrons. The maximum Gasteiger partial charge on any atom is 0.242 e. The fraction of sp³-hybridized carbons (Fsp3) is 0.312. The van der Waals surface area contributed by atoms with Crippen molar-refractivity contribution in [1.82, 2.24) is 15.3 Å². The summed E-state index contributed by atoms with van der Waals surface area (Å²) in [5, 5.41) is 6.00. The Bertz CT molecular complexity index is 613. The zero-order chi connectivity index (χ0) is 15.2. The predicted molar refractivity (Wildman–Crippen MR) is 82.9 cm³/mol. The molecule has 5 nitrogen and oxygen atoms in total. The van der Waals surface area contributed by atoms with Crippen LogP contribution in [0.25, 0.3) is 0 Å². The van der Waals surface area contributed by atoms with Crippen molar-refractivity contribution in [3.05, 3.63) is 53.5 Å². The van der Waals surface area contributed by atoms with Gasteiger partial charge in [0.05, 0.1) is 11.4 Å². The second kappa shape index (κ2) is 6.83. The molecule has 1 amide bonds. The van der Waals surface area contributed by atoms with E-state index in [0.717, 1.165) is 17.0 Å². The number of nitrogens with zero attached hydrogens (tertiary/aromatic N) is 2. The van der Waals surface area contributed by atoms with Crippen molar-refractivity contribution in [2.75, 3.05) is 5.32 Å². The summed E-state index contributed by atoms with van der Waals surface area (Å²) in [4.78, 5) is 20.7. The average molecular weight is 284 g/mol. The van der Waals surface area contributed by atoms with Gasteiger partial charge in [0.25, 0.3) is 0 Å². The van der Waals surface area contributed by atoms with Gasteiger partial charge in [-0.1, -0.05) is 30.3 Å². The van der Waals surface area contributed by atoms with Crippen molar-refractivity contribution in [2.24, 2.45) is 0 Å². The first kappa shape index (κ1) is 15.0. The van der Waals surface area contributed by atoms with Gasteiger partial charge in [0, 0.05) is 12.7 Å². The monoisotopic (exact) mass is 284 g/mol. The van der Waals surface area contributed by atoms with Gasteiger partial charge in [-0.15, -0.1) is 0 Å². The van der Waals surface area contributed by atoms with Crippen molar-refractivity contribution >= 4 is 11.7 Å². The molecule has 0 spiro atoms. The average Bonchev–Trinajstić information content (AvgIpc) is 2.49. The van der Waals surface area contributed by atoms with Crippen LogP contribution >= 0.6 is 0 Å². The highest BCUT2D eigenvalue weighted by atomic mass is 16.2. The molecule has 0 aliphatic heterocycles. The standard InChI is InChI=1S/C16H20N4O/c1-11-9-17-12(2)15(19-11)20-13(3)16(21)18-10-14-7-5-4-6-8-14/h4-9,13H,10H2,1-3H3,(H,18,21)(H,19,20). The van der Waals surface area contributed by atoms with Crippen molar-refractivity contribution in [3.8, 4) is 0 Å². The number of amides is 1. The molecule has 1 atom stereocenters. The summed E-state index contributed by atoms with van der Waals surface area (Å²) in [6.07, 6.45) is 1.71. The van der Waals surface area contributed by atoms with Gasteiger partial charge in [-0.2, -0.15) is 0 Å². The van der Waals surface area contributed by atoms with E-state index in [4.69, 9.17) is 0 Å². The van der Waals surface area contributed by atoms with Gasteiger partial charge in [-0.3, -0.25) is 9.78 Å². The molecule has 21 heavy (non-hydrogen) atoms. The van der Waals surface area contributed by atoms with Crippen LogP contribution in [0.3, 0.4) is 0 Å². The lowest BCUT2D eigenvalue weighted by Gasteiger charge is -2.16. The smallest absolute Gasteiger partial charge is 0.242 e. The lowest BCUT2D eigenvalue weighted by atomic mass is 10.2. The van der Waals surface area contributed by atoms with Crippen molar-refractivity contribution < 1.29 is 4.79 Å². The van der Waals surface area contributed by atoms with E-state index in [-0.39, 0.29) is 11.9 Å². The summed E-state index contributed by atoms with van der Waals surface area (Å²) in [6.45, 7) is 6.06. The number of aromatic nitrogens is 2. The number of anilines is 1. The topological polar surface area (TPSA) is 66.9 Å². The minimum absolute atomic E-state index is 0.0680. The third-order valence-electron chi connectivity index (χ3n) is 3.13. The lowest BCUT2D eigenvalue weighted by Crippen LogP contribution is -2.37. The second-order valence-electron chi connectivity index (χ2n) is 5.01. The molecule has 1 aromatic heterocycles. The Morgan fingerprint density at radius 2 is 1.95 bits per heavy atom. The highest BCUT2D eigenvalue weighted by Crippen LogP contribution is 2.10. The van der Waals surface area contributed by atoms with E-state index in [1.807, 2.05) is 51.1 Å². The molecule has 0 saturated carbocycles. The molecule has 0 aliphatic rings. The number of nitrogens with one attached hydrogen (secondary N) is 2. The highest BCUT2D eigenvalue weighted by Gasteiger charge is 2.14. The first-order valence-corrected chi connectivity index (χ1v) is 6.94. The Morgan fingerprint density at radius 1 is 1.24 bits per heavy atom. The zero-order valence-electron chi connectivity index (χ0n) is 12.6. The van der Waals surface area contributed by atoms with Gasteiger partial charge in [0.2, 0.25) is 5.91 Å². The molecule has 1 aromatic carbocycles. The molecule has 0 fully saturated rings. The number of carbonyl (C=O) groups is 1. The molecule has 2 N–H and O–H groups in total. The lowest BCUT2D eigenvalue weighted by molar-refractivity contribution is -0.121.